The molecule has 2 rings (SSSR count). The number of ether oxygens (including phenoxy) is 2. The van der Waals surface area contributed by atoms with Gasteiger partial charge in [-0.3, -0.25) is 15.3 Å². The summed E-state index contributed by atoms with van der Waals surface area (Å²) in [4.78, 5) is 8.39. The summed E-state index contributed by atoms with van der Waals surface area (Å²) in [5, 5.41) is 14.4. The Morgan fingerprint density at radius 2 is 1.96 bits per heavy atom. The molecular weight excluding hydrogens is 330 g/mol. The topological polar surface area (TPSA) is 91.6 Å². The molecule has 136 valence electrons. The number of anilines is 1. The van der Waals surface area contributed by atoms with Gasteiger partial charge in [0.15, 0.2) is 6.19 Å². The van der Waals surface area contributed by atoms with Crippen molar-refractivity contribution in [3.05, 3.63) is 48.8 Å². The van der Waals surface area contributed by atoms with Gasteiger partial charge in [-0.2, -0.15) is 5.26 Å². The maximum absolute atomic E-state index is 8.81. The summed E-state index contributed by atoms with van der Waals surface area (Å²) in [6.07, 6.45) is 8.09. The van der Waals surface area contributed by atoms with E-state index in [1.165, 1.54) is 0 Å². The molecule has 0 amide bonds. The lowest BCUT2D eigenvalue weighted by Crippen LogP contribution is -2.27. The van der Waals surface area contributed by atoms with Crippen LogP contribution in [0.2, 0.25) is 0 Å². The van der Waals surface area contributed by atoms with Gasteiger partial charge in [-0.15, -0.1) is 0 Å². The van der Waals surface area contributed by atoms with Crippen molar-refractivity contribution in [1.29, 1.82) is 5.26 Å². The Bertz CT molecular complexity index is 711. The van der Waals surface area contributed by atoms with Gasteiger partial charge in [-0.1, -0.05) is 0 Å². The number of hydrogen-bond donors (Lipinski definition) is 2. The lowest BCUT2D eigenvalue weighted by molar-refractivity contribution is 0.305. The van der Waals surface area contributed by atoms with E-state index in [0.29, 0.717) is 19.1 Å². The van der Waals surface area contributed by atoms with E-state index in [0.717, 1.165) is 36.4 Å². The minimum atomic E-state index is 0.426. The zero-order valence-electron chi connectivity index (χ0n) is 14.8. The first kappa shape index (κ1) is 19.1. The Balaban J connectivity index is 1.64. The molecular formula is C19H23N5O2. The highest BCUT2D eigenvalue weighted by molar-refractivity contribution is 5.94. The van der Waals surface area contributed by atoms with Gasteiger partial charge in [0, 0.05) is 12.7 Å². The minimum Gasteiger partial charge on any atom is -0.497 e. The second kappa shape index (κ2) is 11.3. The molecule has 0 fully saturated rings. The Morgan fingerprint density at radius 1 is 1.15 bits per heavy atom. The molecule has 1 aromatic carbocycles. The van der Waals surface area contributed by atoms with Crippen molar-refractivity contribution < 1.29 is 9.47 Å². The number of nitrogens with one attached hydrogen (secondary N) is 2. The predicted molar refractivity (Wildman–Crippen MR) is 101 cm³/mol. The zero-order chi connectivity index (χ0) is 18.5. The quantitative estimate of drug-likeness (QED) is 0.236. The van der Waals surface area contributed by atoms with Crippen molar-refractivity contribution in [2.45, 2.75) is 19.3 Å². The minimum absolute atomic E-state index is 0.426. The highest BCUT2D eigenvalue weighted by Crippen LogP contribution is 2.17. The van der Waals surface area contributed by atoms with Crippen LogP contribution in [0.4, 0.5) is 5.69 Å². The molecule has 0 aliphatic heterocycles. The second-order valence-corrected chi connectivity index (χ2v) is 5.42. The van der Waals surface area contributed by atoms with Crippen LogP contribution < -0.4 is 20.1 Å². The maximum atomic E-state index is 8.81. The van der Waals surface area contributed by atoms with Gasteiger partial charge in [0.2, 0.25) is 5.96 Å². The molecule has 2 aromatic rings. The van der Waals surface area contributed by atoms with Crippen LogP contribution in [0.15, 0.2) is 53.8 Å². The smallest absolute Gasteiger partial charge is 0.209 e. The average Bonchev–Trinajstić information content (AvgIpc) is 2.68. The summed E-state index contributed by atoms with van der Waals surface area (Å²) in [5.41, 5.74) is 0.780. The molecule has 0 saturated carbocycles. The summed E-state index contributed by atoms with van der Waals surface area (Å²) in [5.74, 6) is 2.08. The van der Waals surface area contributed by atoms with Gasteiger partial charge in [0.1, 0.15) is 11.5 Å². The van der Waals surface area contributed by atoms with Gasteiger partial charge in [0.25, 0.3) is 0 Å². The molecule has 2 N–H and O–H groups in total. The van der Waals surface area contributed by atoms with Gasteiger partial charge in [-0.25, -0.2) is 0 Å². The number of aromatic nitrogens is 1. The summed E-state index contributed by atoms with van der Waals surface area (Å²) in [7, 11) is 1.64. The van der Waals surface area contributed by atoms with E-state index in [1.807, 2.05) is 42.6 Å². The van der Waals surface area contributed by atoms with Crippen LogP contribution in [0.3, 0.4) is 0 Å². The first-order chi connectivity index (χ1) is 12.8. The number of rotatable bonds is 9. The van der Waals surface area contributed by atoms with Crippen LogP contribution in [0, 0.1) is 11.5 Å². The van der Waals surface area contributed by atoms with Crippen LogP contribution in [-0.2, 0) is 0 Å². The molecule has 0 bridgehead atoms. The Morgan fingerprint density at radius 3 is 2.65 bits per heavy atom. The molecule has 0 aliphatic carbocycles. The van der Waals surface area contributed by atoms with E-state index in [9.17, 15) is 0 Å². The van der Waals surface area contributed by atoms with Crippen LogP contribution in [0.5, 0.6) is 11.5 Å². The molecule has 0 spiro atoms. The standard InChI is InChI=1S/C19H23N5O2/c1-25-17-7-9-18(10-8-17)26-13-4-2-3-12-22-19(23-15-20)24-16-6-5-11-21-14-16/h5-11,14H,2-4,12-13H2,1H3,(H2,22,23,24). The molecule has 1 aromatic heterocycles. The maximum Gasteiger partial charge on any atom is 0.209 e. The molecule has 7 nitrogen and oxygen atoms in total. The fraction of sp³-hybridized carbons (Fsp3) is 0.316. The first-order valence-electron chi connectivity index (χ1n) is 8.45. The van der Waals surface area contributed by atoms with Crippen LogP contribution in [0.1, 0.15) is 19.3 Å². The van der Waals surface area contributed by atoms with Gasteiger partial charge in [-0.05, 0) is 55.7 Å². The van der Waals surface area contributed by atoms with Gasteiger partial charge >= 0.3 is 0 Å². The summed E-state index contributed by atoms with van der Waals surface area (Å²) >= 11 is 0. The van der Waals surface area contributed by atoms with Crippen LogP contribution in [-0.4, -0.2) is 31.2 Å². The van der Waals surface area contributed by atoms with Crippen LogP contribution in [0.25, 0.3) is 0 Å². The fourth-order valence-electron chi connectivity index (χ4n) is 2.18. The molecule has 1 heterocycles. The van der Waals surface area contributed by atoms with Crippen molar-refractivity contribution in [2.24, 2.45) is 4.99 Å². The summed E-state index contributed by atoms with van der Waals surface area (Å²) < 4.78 is 10.8. The second-order valence-electron chi connectivity index (χ2n) is 5.42. The molecule has 0 radical (unpaired) electrons. The van der Waals surface area contributed by atoms with E-state index in [-0.39, 0.29) is 0 Å². The Hall–Kier alpha value is -3.27. The van der Waals surface area contributed by atoms with E-state index in [1.54, 1.807) is 19.5 Å². The van der Waals surface area contributed by atoms with E-state index >= 15 is 0 Å². The SMILES string of the molecule is COc1ccc(OCCCCCN=C(NC#N)Nc2cccnc2)cc1. The molecule has 7 heteroatoms. The molecule has 26 heavy (non-hydrogen) atoms. The van der Waals surface area contributed by atoms with Gasteiger partial charge < -0.3 is 14.8 Å². The van der Waals surface area contributed by atoms with E-state index < -0.39 is 0 Å². The number of methoxy groups -OCH3 is 1. The largest absolute Gasteiger partial charge is 0.497 e. The number of hydrogen-bond acceptors (Lipinski definition) is 5. The number of nitriles is 1. The van der Waals surface area contributed by atoms with Crippen molar-refractivity contribution >= 4 is 11.6 Å². The molecule has 0 saturated heterocycles. The first-order valence-corrected chi connectivity index (χ1v) is 8.45. The van der Waals surface area contributed by atoms with Gasteiger partial charge in [0.05, 0.1) is 25.6 Å². The zero-order valence-corrected chi connectivity index (χ0v) is 14.8. The van der Waals surface area contributed by atoms with Crippen molar-refractivity contribution in [1.82, 2.24) is 10.3 Å². The molecule has 0 atom stereocenters. The van der Waals surface area contributed by atoms with E-state index in [2.05, 4.69) is 20.6 Å². The number of aliphatic imine (C=N–C) groups is 1. The number of unbranched alkanes of at least 4 members (excludes halogenated alkanes) is 2. The third kappa shape index (κ3) is 7.09. The highest BCUT2D eigenvalue weighted by atomic mass is 16.5. The lowest BCUT2D eigenvalue weighted by Gasteiger charge is -2.08. The monoisotopic (exact) mass is 353 g/mol. The summed E-state index contributed by atoms with van der Waals surface area (Å²) in [6, 6.07) is 11.2. The highest BCUT2D eigenvalue weighted by Gasteiger charge is 1.99. The lowest BCUT2D eigenvalue weighted by atomic mass is 10.2. The number of benzene rings is 1. The Kier molecular flexibility index (Phi) is 8.29. The number of guanidine groups is 1. The molecule has 0 unspecified atom stereocenters. The average molecular weight is 353 g/mol. The third-order valence-corrected chi connectivity index (χ3v) is 3.50. The van der Waals surface area contributed by atoms with Crippen LogP contribution >= 0.6 is 0 Å². The normalized spacial score (nSPS) is 10.7. The van der Waals surface area contributed by atoms with E-state index in [4.69, 9.17) is 14.7 Å². The van der Waals surface area contributed by atoms with Crippen molar-refractivity contribution in [3.8, 4) is 17.7 Å². The number of pyridine rings is 1. The fourth-order valence-corrected chi connectivity index (χ4v) is 2.18. The van der Waals surface area contributed by atoms with Crippen molar-refractivity contribution in [3.63, 3.8) is 0 Å². The van der Waals surface area contributed by atoms with Crippen molar-refractivity contribution in [2.75, 3.05) is 25.6 Å². The summed E-state index contributed by atoms with van der Waals surface area (Å²) in [6.45, 7) is 1.28. The Labute approximate surface area is 153 Å². The predicted octanol–water partition coefficient (Wildman–Crippen LogP) is 3.18. The third-order valence-electron chi connectivity index (χ3n) is 3.50. The number of nitrogens with zero attached hydrogens (tertiary/aromatic N) is 3. The molecule has 0 aliphatic rings.